The van der Waals surface area contributed by atoms with Crippen molar-refractivity contribution >= 4 is 11.8 Å². The Balaban J connectivity index is 2.21. The number of nitrogens with one attached hydrogen (secondary N) is 1. The summed E-state index contributed by atoms with van der Waals surface area (Å²) >= 11 is 0. The fourth-order valence-electron chi connectivity index (χ4n) is 2.35. The van der Waals surface area contributed by atoms with Crippen molar-refractivity contribution in [3.8, 4) is 0 Å². The Bertz CT molecular complexity index is 455. The van der Waals surface area contributed by atoms with Crippen LogP contribution in [0.2, 0.25) is 0 Å². The molecule has 0 aliphatic carbocycles. The second kappa shape index (κ2) is 4.92. The predicted molar refractivity (Wildman–Crippen MR) is 72.9 cm³/mol. The van der Waals surface area contributed by atoms with Crippen LogP contribution in [0.4, 0.5) is 5.95 Å². The Morgan fingerprint density at radius 2 is 2.22 bits per heavy atom. The molecule has 3 N–H and O–H groups in total. The van der Waals surface area contributed by atoms with E-state index in [9.17, 15) is 0 Å². The van der Waals surface area contributed by atoms with E-state index in [2.05, 4.69) is 28.7 Å². The van der Waals surface area contributed by atoms with E-state index in [-0.39, 0.29) is 5.84 Å². The Morgan fingerprint density at radius 3 is 2.78 bits per heavy atom. The minimum absolute atomic E-state index is 0.00126. The summed E-state index contributed by atoms with van der Waals surface area (Å²) in [6, 6.07) is 1.75. The lowest BCUT2D eigenvalue weighted by molar-refractivity contribution is 0.422. The molecule has 18 heavy (non-hydrogen) atoms. The highest BCUT2D eigenvalue weighted by molar-refractivity contribution is 5.93. The van der Waals surface area contributed by atoms with Crippen LogP contribution in [0.1, 0.15) is 31.7 Å². The number of amidine groups is 1. The van der Waals surface area contributed by atoms with Gasteiger partial charge in [0.1, 0.15) is 11.5 Å². The highest BCUT2D eigenvalue weighted by Gasteiger charge is 2.26. The Morgan fingerprint density at radius 1 is 1.50 bits per heavy atom. The average molecular weight is 247 g/mol. The van der Waals surface area contributed by atoms with Crippen LogP contribution in [0.25, 0.3) is 0 Å². The third kappa shape index (κ3) is 2.60. The van der Waals surface area contributed by atoms with Crippen molar-refractivity contribution in [2.45, 2.75) is 27.2 Å². The fourth-order valence-corrected chi connectivity index (χ4v) is 2.35. The van der Waals surface area contributed by atoms with E-state index in [0.717, 1.165) is 18.8 Å². The smallest absolute Gasteiger partial charge is 0.226 e. The van der Waals surface area contributed by atoms with Crippen molar-refractivity contribution in [3.05, 3.63) is 17.5 Å². The molecule has 0 aromatic carbocycles. The number of nitrogens with zero attached hydrogens (tertiary/aromatic N) is 3. The quantitative estimate of drug-likeness (QED) is 0.627. The summed E-state index contributed by atoms with van der Waals surface area (Å²) in [5, 5.41) is 7.48. The first-order valence-electron chi connectivity index (χ1n) is 6.42. The Labute approximate surface area is 108 Å². The van der Waals surface area contributed by atoms with E-state index in [1.807, 2.05) is 6.92 Å². The summed E-state index contributed by atoms with van der Waals surface area (Å²) in [5.74, 6) is 2.10. The number of aryl methyl sites for hydroxylation is 1. The fraction of sp³-hybridized carbons (Fsp3) is 0.615. The monoisotopic (exact) mass is 247 g/mol. The largest absolute Gasteiger partial charge is 0.382 e. The molecule has 5 heteroatoms. The number of nitrogens with two attached hydrogens (primary N) is 1. The maximum Gasteiger partial charge on any atom is 0.226 e. The van der Waals surface area contributed by atoms with Crippen molar-refractivity contribution < 1.29 is 0 Å². The minimum atomic E-state index is 0.00126. The van der Waals surface area contributed by atoms with Gasteiger partial charge in [-0.3, -0.25) is 5.41 Å². The molecule has 0 spiro atoms. The number of hydrogen-bond donors (Lipinski definition) is 2. The molecule has 1 aromatic heterocycles. The molecule has 98 valence electrons. The molecule has 0 radical (unpaired) electrons. The molecular formula is C13H21N5. The summed E-state index contributed by atoms with van der Waals surface area (Å²) in [4.78, 5) is 11.0. The zero-order valence-electron chi connectivity index (χ0n) is 11.3. The molecule has 2 rings (SSSR count). The van der Waals surface area contributed by atoms with Gasteiger partial charge in [0.2, 0.25) is 5.95 Å². The van der Waals surface area contributed by atoms with Gasteiger partial charge in [-0.05, 0) is 31.2 Å². The third-order valence-corrected chi connectivity index (χ3v) is 3.57. The standard InChI is InChI=1S/C13H21N5/c1-8(2)10-4-5-18(7-10)13-16-9(3)6-11(17-13)12(14)15/h6,8,10H,4-5,7H2,1-3H3,(H3,14,15). The molecule has 5 nitrogen and oxygen atoms in total. The van der Waals surface area contributed by atoms with Gasteiger partial charge in [0, 0.05) is 18.8 Å². The molecule has 1 aliphatic rings. The maximum atomic E-state index is 7.48. The summed E-state index contributed by atoms with van der Waals surface area (Å²) in [5.41, 5.74) is 6.88. The van der Waals surface area contributed by atoms with Crippen LogP contribution in [-0.2, 0) is 0 Å². The molecule has 0 bridgehead atoms. The van der Waals surface area contributed by atoms with Crippen molar-refractivity contribution in [2.24, 2.45) is 17.6 Å². The number of nitrogen functional groups attached to an aromatic ring is 1. The molecule has 1 aliphatic heterocycles. The summed E-state index contributed by atoms with van der Waals surface area (Å²) in [7, 11) is 0. The number of hydrogen-bond acceptors (Lipinski definition) is 4. The first kappa shape index (κ1) is 12.8. The summed E-state index contributed by atoms with van der Waals surface area (Å²) in [6.07, 6.45) is 1.18. The van der Waals surface area contributed by atoms with Crippen LogP contribution in [-0.4, -0.2) is 28.9 Å². The SMILES string of the molecule is Cc1cc(C(=N)N)nc(N2CCC(C(C)C)C2)n1. The summed E-state index contributed by atoms with van der Waals surface area (Å²) < 4.78 is 0. The highest BCUT2D eigenvalue weighted by Crippen LogP contribution is 2.26. The van der Waals surface area contributed by atoms with E-state index in [0.29, 0.717) is 23.5 Å². The van der Waals surface area contributed by atoms with Crippen molar-refractivity contribution in [1.29, 1.82) is 5.41 Å². The zero-order valence-corrected chi connectivity index (χ0v) is 11.3. The lowest BCUT2D eigenvalue weighted by atomic mass is 9.95. The van der Waals surface area contributed by atoms with Crippen LogP contribution < -0.4 is 10.6 Å². The molecule has 0 saturated carbocycles. The van der Waals surface area contributed by atoms with Gasteiger partial charge in [-0.15, -0.1) is 0 Å². The minimum Gasteiger partial charge on any atom is -0.382 e. The normalized spacial score (nSPS) is 19.6. The van der Waals surface area contributed by atoms with Crippen molar-refractivity contribution in [2.75, 3.05) is 18.0 Å². The maximum absolute atomic E-state index is 7.48. The van der Waals surface area contributed by atoms with Gasteiger partial charge in [-0.1, -0.05) is 13.8 Å². The van der Waals surface area contributed by atoms with Crippen LogP contribution in [0.15, 0.2) is 6.07 Å². The van der Waals surface area contributed by atoms with Crippen molar-refractivity contribution in [1.82, 2.24) is 9.97 Å². The van der Waals surface area contributed by atoms with Crippen LogP contribution in [0.3, 0.4) is 0 Å². The van der Waals surface area contributed by atoms with Gasteiger partial charge in [0.25, 0.3) is 0 Å². The average Bonchev–Trinajstić information content (AvgIpc) is 2.77. The second-order valence-corrected chi connectivity index (χ2v) is 5.35. The Kier molecular flexibility index (Phi) is 3.50. The van der Waals surface area contributed by atoms with E-state index < -0.39 is 0 Å². The molecule has 1 aromatic rings. The highest BCUT2D eigenvalue weighted by atomic mass is 15.3. The first-order valence-corrected chi connectivity index (χ1v) is 6.42. The van der Waals surface area contributed by atoms with Gasteiger partial charge in [0.15, 0.2) is 0 Å². The predicted octanol–water partition coefficient (Wildman–Crippen LogP) is 1.55. The number of rotatable bonds is 3. The van der Waals surface area contributed by atoms with Gasteiger partial charge in [-0.25, -0.2) is 9.97 Å². The number of anilines is 1. The topological polar surface area (TPSA) is 78.9 Å². The Hall–Kier alpha value is -1.65. The van der Waals surface area contributed by atoms with Gasteiger partial charge in [0.05, 0.1) is 0 Å². The van der Waals surface area contributed by atoms with Crippen molar-refractivity contribution in [3.63, 3.8) is 0 Å². The second-order valence-electron chi connectivity index (χ2n) is 5.35. The lowest BCUT2D eigenvalue weighted by Crippen LogP contribution is -2.25. The van der Waals surface area contributed by atoms with E-state index in [1.165, 1.54) is 6.42 Å². The molecule has 2 heterocycles. The lowest BCUT2D eigenvalue weighted by Gasteiger charge is -2.18. The summed E-state index contributed by atoms with van der Waals surface area (Å²) in [6.45, 7) is 8.41. The van der Waals surface area contributed by atoms with Crippen LogP contribution >= 0.6 is 0 Å². The van der Waals surface area contributed by atoms with Crippen LogP contribution in [0.5, 0.6) is 0 Å². The molecule has 0 amide bonds. The van der Waals surface area contributed by atoms with E-state index >= 15 is 0 Å². The molecule has 1 atom stereocenters. The zero-order chi connectivity index (χ0) is 13.3. The third-order valence-electron chi connectivity index (χ3n) is 3.57. The van der Waals surface area contributed by atoms with E-state index in [1.54, 1.807) is 6.07 Å². The molecule has 1 fully saturated rings. The van der Waals surface area contributed by atoms with E-state index in [4.69, 9.17) is 11.1 Å². The first-order chi connectivity index (χ1) is 8.47. The van der Waals surface area contributed by atoms with Gasteiger partial charge >= 0.3 is 0 Å². The van der Waals surface area contributed by atoms with Crippen LogP contribution in [0, 0.1) is 24.2 Å². The van der Waals surface area contributed by atoms with Gasteiger partial charge < -0.3 is 10.6 Å². The molecule has 1 unspecified atom stereocenters. The molecular weight excluding hydrogens is 226 g/mol. The van der Waals surface area contributed by atoms with Gasteiger partial charge in [-0.2, -0.15) is 0 Å². The number of aromatic nitrogens is 2. The molecule has 1 saturated heterocycles.